The number of Topliss-reactive ketones (excluding diaryl/α,β-unsaturated/α-hetero) is 2. The Labute approximate surface area is 732 Å². The number of benzene rings is 6. The van der Waals surface area contributed by atoms with Gasteiger partial charge in [0.25, 0.3) is 11.8 Å². The lowest BCUT2D eigenvalue weighted by atomic mass is 9.44. The lowest BCUT2D eigenvalue weighted by molar-refractivity contribution is -0.346. The molecule has 0 aromatic heterocycles. The van der Waals surface area contributed by atoms with Crippen LogP contribution in [0.2, 0.25) is 0 Å². The molecule has 0 radical (unpaired) electrons. The number of fused-ring (bicyclic) bond motifs is 10. The number of esters is 9. The molecule has 2 amide bonds. The maximum Gasteiger partial charge on any atom is 0.350 e. The quantitative estimate of drug-likeness (QED) is 0.0203. The van der Waals surface area contributed by atoms with Gasteiger partial charge >= 0.3 is 53.7 Å². The van der Waals surface area contributed by atoms with Gasteiger partial charge in [0.15, 0.2) is 41.1 Å². The number of carbonyl (C=O) groups is 13. The summed E-state index contributed by atoms with van der Waals surface area (Å²) in [4.78, 5) is 181. The SMILES string of the molecule is CC(=O)O[C@H]1C(=O)[C@@]2(C)[C@H]([C@H](OC(=O)c3ccccc3)[C@]3(O)CC(OC(=O)[C@H](O)[C@@H](NC(=O)c4ccccc4)c4ccccc4)C(C)=C1C3(C)C)[C@]1(OC(C)=O)CO[C@@H]1C[C@@H]2O.CC(=O)O[C@H]1C(=O)[C@@]2(C)[C@H]([C@H](OC(=O)c3ccccc3)[C@]3(O)CC(OC(=O)[C@H](OC(C)=O)[C@@H](NC(=O)c4ccccc4)c4ccccc4)C(C)=C1C3(C)C)[C@]1(OC(C)=O)CO[C@@H]1C[C@@H]2O. The van der Waals surface area contributed by atoms with Crippen LogP contribution in [-0.2, 0) is 95.3 Å². The second-order valence-electron chi connectivity index (χ2n) is 35.3. The van der Waals surface area contributed by atoms with E-state index < -0.39 is 231 Å². The number of aliphatic hydroxyl groups excluding tert-OH is 3. The van der Waals surface area contributed by atoms with Crippen molar-refractivity contribution < 1.29 is 140 Å². The largest absolute Gasteiger partial charge is 0.456 e. The van der Waals surface area contributed by atoms with Crippen molar-refractivity contribution in [1.82, 2.24) is 10.6 Å². The summed E-state index contributed by atoms with van der Waals surface area (Å²) in [6.07, 6.45) is -21.0. The summed E-state index contributed by atoms with van der Waals surface area (Å²) in [5, 5.41) is 68.9. The van der Waals surface area contributed by atoms with Gasteiger partial charge in [0.1, 0.15) is 53.9 Å². The number of ketones is 2. The molecule has 7 N–H and O–H groups in total. The molecule has 127 heavy (non-hydrogen) atoms. The van der Waals surface area contributed by atoms with Gasteiger partial charge in [-0.05, 0) is 110 Å². The highest BCUT2D eigenvalue weighted by atomic mass is 16.7. The maximum absolute atomic E-state index is 15.6. The van der Waals surface area contributed by atoms with E-state index in [1.807, 2.05) is 0 Å². The Bertz CT molecular complexity index is 5340. The monoisotopic (exact) mass is 1750 g/mol. The summed E-state index contributed by atoms with van der Waals surface area (Å²) in [6, 6.07) is 45.8. The van der Waals surface area contributed by atoms with E-state index in [0.29, 0.717) is 11.1 Å². The fourth-order valence-electron chi connectivity index (χ4n) is 20.6. The van der Waals surface area contributed by atoms with Crippen molar-refractivity contribution in [2.24, 2.45) is 33.5 Å². The van der Waals surface area contributed by atoms with E-state index in [0.717, 1.165) is 34.6 Å². The smallest absolute Gasteiger partial charge is 0.350 e. The standard InChI is InChI=1S/C49H53NO15.C47H51NO14/c1-26-33(63-45(58)39(62-28(3)52)37(30-17-11-8-12-18-30)50-43(56)31-19-13-9-14-20-31)24-49(59)42(64-44(57)32-21-15-10-16-22-32)40-47(7,34(54)23-35-48(40,25-60-35)65-29(4)53)41(55)38(61-27(2)51)36(26)46(49,5)6;1-25-31(60-43(56)36(52)35(28-16-10-7-11-17-28)48-41(54)29-18-12-8-13-19-29)23-47(57)40(61-42(55)30-20-14-9-15-21-30)38-45(6,32(51)22-33-46(38,24-58-33)62-27(3)50)39(53)37(59-26(2)49)34(25)44(47,4)5/h8-22,33-35,37-40,42,54,59H,23-25H2,1-7H3,(H,50,56);7-21,31-33,35-38,40,51-52,57H,22-24H2,1-6H3,(H,48,54)/t33?,34-,35+,37-,38+,39+,40-,42-,47+,48-,49+;31?,32-,33+,35-,36+,37+,38-,40-,45+,46-,47+/m00/s1. The Kier molecular flexibility index (Phi) is 26.1. The second kappa shape index (κ2) is 35.7. The van der Waals surface area contributed by atoms with Crippen LogP contribution in [0.5, 0.6) is 0 Å². The molecule has 2 unspecified atom stereocenters. The number of hydrogen-bond donors (Lipinski definition) is 7. The molecule has 2 heterocycles. The molecule has 31 nitrogen and oxygen atoms in total. The Balaban J connectivity index is 0.000000218. The van der Waals surface area contributed by atoms with Crippen LogP contribution >= 0.6 is 0 Å². The van der Waals surface area contributed by atoms with Gasteiger partial charge in [-0.2, -0.15) is 0 Å². The van der Waals surface area contributed by atoms with E-state index in [9.17, 15) is 78.3 Å². The summed E-state index contributed by atoms with van der Waals surface area (Å²) in [5.41, 5.74) is -14.2. The van der Waals surface area contributed by atoms with Gasteiger partial charge in [-0.3, -0.25) is 43.2 Å². The van der Waals surface area contributed by atoms with Gasteiger partial charge < -0.3 is 88.3 Å². The normalized spacial score (nSPS) is 31.3. The highest BCUT2D eigenvalue weighted by molar-refractivity contribution is 5.99. The summed E-state index contributed by atoms with van der Waals surface area (Å²) in [5.74, 6) is -14.6. The highest BCUT2D eigenvalue weighted by Gasteiger charge is 2.81. The average Bonchev–Trinajstić information content (AvgIpc) is 0.671. The van der Waals surface area contributed by atoms with E-state index in [1.165, 1.54) is 52.0 Å². The zero-order valence-electron chi connectivity index (χ0n) is 72.3. The third-order valence-corrected chi connectivity index (χ3v) is 27.2. The molecule has 2 aliphatic heterocycles. The molecule has 6 aromatic carbocycles. The van der Waals surface area contributed by atoms with Gasteiger partial charge in [0.05, 0.1) is 65.3 Å². The molecule has 6 fully saturated rings. The Morgan fingerprint density at radius 1 is 0.417 bits per heavy atom. The second-order valence-corrected chi connectivity index (χ2v) is 35.3. The van der Waals surface area contributed by atoms with Crippen LogP contribution in [0.3, 0.4) is 0 Å². The molecule has 14 rings (SSSR count). The van der Waals surface area contributed by atoms with Gasteiger partial charge in [-0.25, -0.2) is 19.2 Å². The number of rotatable bonds is 21. The zero-order valence-corrected chi connectivity index (χ0v) is 72.3. The first kappa shape index (κ1) is 92.7. The minimum Gasteiger partial charge on any atom is -0.456 e. The van der Waals surface area contributed by atoms with Crippen molar-refractivity contribution in [3.8, 4) is 0 Å². The number of hydrogen-bond acceptors (Lipinski definition) is 29. The van der Waals surface area contributed by atoms with Crippen molar-refractivity contribution >= 4 is 77.1 Å². The number of ether oxygens (including phenoxy) is 11. The van der Waals surface area contributed by atoms with E-state index in [4.69, 9.17) is 52.1 Å². The van der Waals surface area contributed by atoms with Crippen molar-refractivity contribution in [2.75, 3.05) is 13.2 Å². The molecular formula is C96H104N2O29. The zero-order chi connectivity index (χ0) is 92.2. The summed E-state index contributed by atoms with van der Waals surface area (Å²) in [7, 11) is 0. The van der Waals surface area contributed by atoms with Crippen LogP contribution in [0.1, 0.15) is 180 Å². The Hall–Kier alpha value is -12.0. The Morgan fingerprint density at radius 3 is 1.06 bits per heavy atom. The molecule has 4 saturated carbocycles. The van der Waals surface area contributed by atoms with Gasteiger partial charge in [-0.1, -0.05) is 161 Å². The van der Waals surface area contributed by atoms with Crippen LogP contribution in [0.15, 0.2) is 204 Å². The lowest BCUT2D eigenvalue weighted by Gasteiger charge is -2.67. The third-order valence-electron chi connectivity index (χ3n) is 27.2. The topological polar surface area (TPSA) is 449 Å². The highest BCUT2D eigenvalue weighted by Crippen LogP contribution is 2.67. The van der Waals surface area contributed by atoms with Gasteiger partial charge in [0.2, 0.25) is 6.10 Å². The molecule has 8 aliphatic rings. The van der Waals surface area contributed by atoms with Crippen LogP contribution < -0.4 is 10.6 Å². The number of carbonyl (C=O) groups excluding carboxylic acids is 13. The molecule has 31 heteroatoms. The molecule has 672 valence electrons. The van der Waals surface area contributed by atoms with Crippen molar-refractivity contribution in [1.29, 1.82) is 0 Å². The van der Waals surface area contributed by atoms with E-state index in [-0.39, 0.29) is 70.6 Å². The first-order valence-electron chi connectivity index (χ1n) is 41.8. The van der Waals surface area contributed by atoms with Crippen LogP contribution in [0, 0.1) is 33.5 Å². The molecule has 22 atom stereocenters. The number of nitrogens with one attached hydrogen (secondary N) is 2. The van der Waals surface area contributed by atoms with Crippen LogP contribution in [0.4, 0.5) is 0 Å². The van der Waals surface area contributed by atoms with Crippen molar-refractivity contribution in [3.05, 3.63) is 238 Å². The van der Waals surface area contributed by atoms with Crippen LogP contribution in [0.25, 0.3) is 0 Å². The maximum atomic E-state index is 15.6. The predicted molar refractivity (Wildman–Crippen MR) is 445 cm³/mol. The van der Waals surface area contributed by atoms with Gasteiger partial charge in [0, 0.05) is 82.3 Å². The number of amides is 2. The fourth-order valence-corrected chi connectivity index (χ4v) is 20.6. The van der Waals surface area contributed by atoms with Gasteiger partial charge in [-0.15, -0.1) is 0 Å². The van der Waals surface area contributed by atoms with Crippen LogP contribution in [-0.4, -0.2) is 212 Å². The molecule has 0 spiro atoms. The summed E-state index contributed by atoms with van der Waals surface area (Å²) >= 11 is 0. The van der Waals surface area contributed by atoms with E-state index in [1.54, 1.807) is 185 Å². The lowest BCUT2D eigenvalue weighted by Crippen LogP contribution is -2.82. The molecule has 2 saturated heterocycles. The predicted octanol–water partition coefficient (Wildman–Crippen LogP) is 8.04. The molecular weight excluding hydrogens is 1650 g/mol. The minimum absolute atomic E-state index is 0.00289. The van der Waals surface area contributed by atoms with Crippen molar-refractivity contribution in [3.63, 3.8) is 0 Å². The van der Waals surface area contributed by atoms with E-state index in [2.05, 4.69) is 10.6 Å². The number of aliphatic hydroxyl groups is 5. The fraction of sp³-hybridized carbons (Fsp3) is 0.448. The minimum atomic E-state index is -2.43. The summed E-state index contributed by atoms with van der Waals surface area (Å²) in [6.45, 7) is 17.0. The molecule has 6 aromatic rings. The van der Waals surface area contributed by atoms with Crippen molar-refractivity contribution in [2.45, 2.75) is 223 Å². The third kappa shape index (κ3) is 16.6. The molecule has 6 aliphatic carbocycles. The first-order valence-corrected chi connectivity index (χ1v) is 41.8. The molecule has 4 bridgehead atoms. The first-order chi connectivity index (χ1) is 59.9. The summed E-state index contributed by atoms with van der Waals surface area (Å²) < 4.78 is 66.5. The Morgan fingerprint density at radius 2 is 0.740 bits per heavy atom. The average molecular weight is 1750 g/mol. The van der Waals surface area contributed by atoms with E-state index >= 15 is 9.59 Å².